The van der Waals surface area contributed by atoms with Crippen LogP contribution in [-0.2, 0) is 20.6 Å². The fourth-order valence-corrected chi connectivity index (χ4v) is 3.58. The van der Waals surface area contributed by atoms with Crippen molar-refractivity contribution in [1.29, 1.82) is 0 Å². The molecule has 5 nitrogen and oxygen atoms in total. The number of nitrogens with zero attached hydrogens (tertiary/aromatic N) is 1. The molecule has 1 atom stereocenters. The zero-order chi connectivity index (χ0) is 13.2. The molecule has 0 amide bonds. The van der Waals surface area contributed by atoms with Gasteiger partial charge in [0.15, 0.2) is 0 Å². The first-order chi connectivity index (χ1) is 8.57. The third kappa shape index (κ3) is 2.71. The second-order valence-electron chi connectivity index (χ2n) is 4.26. The summed E-state index contributed by atoms with van der Waals surface area (Å²) < 4.78 is 31.7. The first kappa shape index (κ1) is 13.9. The zero-order valence-corrected chi connectivity index (χ0v) is 11.8. The van der Waals surface area contributed by atoms with Crippen molar-refractivity contribution in [2.45, 2.75) is 30.2 Å². The molecule has 1 aromatic rings. The van der Waals surface area contributed by atoms with E-state index in [2.05, 4.69) is 4.98 Å². The molecule has 1 aliphatic rings. The van der Waals surface area contributed by atoms with Crippen molar-refractivity contribution < 1.29 is 13.2 Å². The summed E-state index contributed by atoms with van der Waals surface area (Å²) in [6, 6.07) is 1.58. The van der Waals surface area contributed by atoms with E-state index >= 15 is 0 Å². The predicted molar refractivity (Wildman–Crippen MR) is 69.1 cm³/mol. The van der Waals surface area contributed by atoms with E-state index in [1.165, 1.54) is 10.5 Å². The molecule has 0 saturated carbocycles. The highest BCUT2D eigenvalue weighted by molar-refractivity contribution is 7.89. The second kappa shape index (κ2) is 5.61. The number of sulfonamides is 1. The summed E-state index contributed by atoms with van der Waals surface area (Å²) in [5.74, 6) is 0.274. The fourth-order valence-electron chi connectivity index (χ4n) is 1.95. The van der Waals surface area contributed by atoms with E-state index in [-0.39, 0.29) is 16.9 Å². The summed E-state index contributed by atoms with van der Waals surface area (Å²) in [6.07, 6.45) is 2.29. The minimum atomic E-state index is -3.43. The van der Waals surface area contributed by atoms with Crippen LogP contribution in [0.2, 0.25) is 0 Å². The lowest BCUT2D eigenvalue weighted by atomic mass is 10.2. The van der Waals surface area contributed by atoms with E-state index in [4.69, 9.17) is 16.3 Å². The van der Waals surface area contributed by atoms with Crippen LogP contribution in [0.4, 0.5) is 0 Å². The van der Waals surface area contributed by atoms with Crippen LogP contribution in [0, 0.1) is 0 Å². The maximum Gasteiger partial charge on any atom is 0.244 e. The molecule has 7 heteroatoms. The Morgan fingerprint density at radius 2 is 2.39 bits per heavy atom. The lowest BCUT2D eigenvalue weighted by molar-refractivity contribution is -0.00277. The number of H-pyrrole nitrogens is 1. The van der Waals surface area contributed by atoms with Gasteiger partial charge in [-0.15, -0.1) is 11.6 Å². The summed E-state index contributed by atoms with van der Waals surface area (Å²) in [7, 11) is -3.43. The third-order valence-electron chi connectivity index (χ3n) is 3.05. The number of aromatic amines is 1. The summed E-state index contributed by atoms with van der Waals surface area (Å²) in [5.41, 5.74) is 0.704. The molecule has 1 fully saturated rings. The van der Waals surface area contributed by atoms with Crippen LogP contribution >= 0.6 is 11.6 Å². The Kier molecular flexibility index (Phi) is 4.32. The van der Waals surface area contributed by atoms with Gasteiger partial charge in [-0.2, -0.15) is 4.31 Å². The smallest absolute Gasteiger partial charge is 0.244 e. The standard InChI is InChI=1S/C11H17ClN2O3S/c1-2-10-8-14(3-4-17-10)18(15,16)11-5-9(6-12)13-7-11/h5,7,10,13H,2-4,6,8H2,1H3. The van der Waals surface area contributed by atoms with Gasteiger partial charge in [0.05, 0.1) is 23.5 Å². The number of halogens is 1. The number of morpholine rings is 1. The van der Waals surface area contributed by atoms with Gasteiger partial charge in [0.1, 0.15) is 0 Å². The van der Waals surface area contributed by atoms with Crippen molar-refractivity contribution in [3.63, 3.8) is 0 Å². The number of aromatic nitrogens is 1. The molecule has 1 aromatic heterocycles. The maximum absolute atomic E-state index is 12.4. The Hall–Kier alpha value is -0.560. The molecule has 1 aliphatic heterocycles. The van der Waals surface area contributed by atoms with E-state index in [1.807, 2.05) is 6.92 Å². The number of alkyl halides is 1. The average molecular weight is 293 g/mol. The molecule has 1 unspecified atom stereocenters. The minimum absolute atomic E-state index is 0.0139. The average Bonchev–Trinajstić information content (AvgIpc) is 2.88. The van der Waals surface area contributed by atoms with E-state index < -0.39 is 10.0 Å². The maximum atomic E-state index is 12.4. The Balaban J connectivity index is 2.19. The zero-order valence-electron chi connectivity index (χ0n) is 10.2. The van der Waals surface area contributed by atoms with Gasteiger partial charge in [-0.25, -0.2) is 8.42 Å². The van der Waals surface area contributed by atoms with Gasteiger partial charge in [0.25, 0.3) is 0 Å². The normalized spacial score (nSPS) is 22.2. The van der Waals surface area contributed by atoms with Crippen molar-refractivity contribution >= 4 is 21.6 Å². The van der Waals surface area contributed by atoms with Crippen LogP contribution < -0.4 is 0 Å². The van der Waals surface area contributed by atoms with Crippen molar-refractivity contribution in [2.75, 3.05) is 19.7 Å². The molecular formula is C11H17ClN2O3S. The molecule has 18 heavy (non-hydrogen) atoms. The highest BCUT2D eigenvalue weighted by atomic mass is 35.5. The molecule has 0 radical (unpaired) electrons. The van der Waals surface area contributed by atoms with Gasteiger partial charge < -0.3 is 9.72 Å². The number of ether oxygens (including phenoxy) is 1. The Labute approximate surface area is 112 Å². The van der Waals surface area contributed by atoms with Crippen LogP contribution in [-0.4, -0.2) is 43.5 Å². The van der Waals surface area contributed by atoms with Crippen LogP contribution in [0.25, 0.3) is 0 Å². The molecule has 102 valence electrons. The molecule has 0 spiro atoms. The molecule has 2 heterocycles. The highest BCUT2D eigenvalue weighted by Crippen LogP contribution is 2.20. The van der Waals surface area contributed by atoms with Gasteiger partial charge in [-0.05, 0) is 12.5 Å². The van der Waals surface area contributed by atoms with Crippen LogP contribution in [0.5, 0.6) is 0 Å². The number of rotatable bonds is 4. The lowest BCUT2D eigenvalue weighted by Crippen LogP contribution is -2.45. The SMILES string of the molecule is CCC1CN(S(=O)(=O)c2c[nH]c(CCl)c2)CCO1. The molecule has 0 aliphatic carbocycles. The van der Waals surface area contributed by atoms with Gasteiger partial charge in [-0.3, -0.25) is 0 Å². The Morgan fingerprint density at radius 3 is 3.00 bits per heavy atom. The quantitative estimate of drug-likeness (QED) is 0.857. The molecule has 0 aromatic carbocycles. The van der Waals surface area contributed by atoms with Crippen molar-refractivity contribution in [1.82, 2.24) is 9.29 Å². The van der Waals surface area contributed by atoms with Crippen LogP contribution in [0.15, 0.2) is 17.2 Å². The molecule has 1 saturated heterocycles. The van der Waals surface area contributed by atoms with Crippen molar-refractivity contribution in [3.8, 4) is 0 Å². The predicted octanol–water partition coefficient (Wildman–Crippen LogP) is 1.55. The van der Waals surface area contributed by atoms with Crippen LogP contribution in [0.3, 0.4) is 0 Å². The summed E-state index contributed by atoms with van der Waals surface area (Å²) >= 11 is 5.66. The van der Waals surface area contributed by atoms with Crippen molar-refractivity contribution in [3.05, 3.63) is 18.0 Å². The topological polar surface area (TPSA) is 62.4 Å². The van der Waals surface area contributed by atoms with Gasteiger partial charge >= 0.3 is 0 Å². The van der Waals surface area contributed by atoms with Gasteiger partial charge in [0.2, 0.25) is 10.0 Å². The van der Waals surface area contributed by atoms with Gasteiger partial charge in [0, 0.05) is 25.0 Å². The molecular weight excluding hydrogens is 276 g/mol. The molecule has 2 rings (SSSR count). The Bertz CT molecular complexity index is 500. The first-order valence-electron chi connectivity index (χ1n) is 5.93. The van der Waals surface area contributed by atoms with E-state index in [0.717, 1.165) is 6.42 Å². The van der Waals surface area contributed by atoms with Crippen molar-refractivity contribution in [2.24, 2.45) is 0 Å². The van der Waals surface area contributed by atoms with Crippen LogP contribution in [0.1, 0.15) is 19.0 Å². The van der Waals surface area contributed by atoms with E-state index in [9.17, 15) is 8.42 Å². The number of nitrogens with one attached hydrogen (secondary N) is 1. The Morgan fingerprint density at radius 1 is 1.61 bits per heavy atom. The monoisotopic (exact) mass is 292 g/mol. The third-order valence-corrected chi connectivity index (χ3v) is 5.19. The summed E-state index contributed by atoms with van der Waals surface area (Å²) in [6.45, 7) is 3.26. The highest BCUT2D eigenvalue weighted by Gasteiger charge is 2.30. The van der Waals surface area contributed by atoms with Gasteiger partial charge in [-0.1, -0.05) is 6.92 Å². The first-order valence-corrected chi connectivity index (χ1v) is 7.90. The largest absolute Gasteiger partial charge is 0.375 e. The number of hydrogen-bond acceptors (Lipinski definition) is 3. The number of hydrogen-bond donors (Lipinski definition) is 1. The summed E-state index contributed by atoms with van der Waals surface area (Å²) in [5, 5.41) is 0. The van der Waals surface area contributed by atoms with E-state index in [1.54, 1.807) is 6.07 Å². The second-order valence-corrected chi connectivity index (χ2v) is 6.46. The molecule has 1 N–H and O–H groups in total. The fraction of sp³-hybridized carbons (Fsp3) is 0.636. The molecule has 0 bridgehead atoms. The minimum Gasteiger partial charge on any atom is -0.375 e. The summed E-state index contributed by atoms with van der Waals surface area (Å²) in [4.78, 5) is 3.13. The van der Waals surface area contributed by atoms with E-state index in [0.29, 0.717) is 25.4 Å². The lowest BCUT2D eigenvalue weighted by Gasteiger charge is -2.31.